The first kappa shape index (κ1) is 20.9. The van der Waals surface area contributed by atoms with E-state index >= 15 is 0 Å². The van der Waals surface area contributed by atoms with Crippen LogP contribution in [0.2, 0.25) is 10.0 Å². The van der Waals surface area contributed by atoms with Gasteiger partial charge in [0.1, 0.15) is 5.76 Å². The molecule has 0 bridgehead atoms. The van der Waals surface area contributed by atoms with Crippen LogP contribution >= 0.6 is 23.2 Å². The van der Waals surface area contributed by atoms with Gasteiger partial charge in [0.25, 0.3) is 11.7 Å². The van der Waals surface area contributed by atoms with Crippen molar-refractivity contribution < 1.29 is 14.7 Å². The van der Waals surface area contributed by atoms with Gasteiger partial charge in [0.2, 0.25) is 0 Å². The van der Waals surface area contributed by atoms with E-state index in [9.17, 15) is 14.7 Å². The summed E-state index contributed by atoms with van der Waals surface area (Å²) in [5, 5.41) is 11.7. The molecule has 1 amide bonds. The predicted molar refractivity (Wildman–Crippen MR) is 118 cm³/mol. The summed E-state index contributed by atoms with van der Waals surface area (Å²) in [4.78, 5) is 29.7. The van der Waals surface area contributed by atoms with Gasteiger partial charge in [-0.05, 0) is 43.6 Å². The number of aliphatic hydroxyl groups excluding tert-OH is 1. The van der Waals surface area contributed by atoms with Crippen molar-refractivity contribution in [2.75, 3.05) is 26.2 Å². The Morgan fingerprint density at radius 2 is 1.67 bits per heavy atom. The highest BCUT2D eigenvalue weighted by Crippen LogP contribution is 2.40. The lowest BCUT2D eigenvalue weighted by Crippen LogP contribution is -2.37. The van der Waals surface area contributed by atoms with E-state index in [0.29, 0.717) is 34.3 Å². The molecule has 4 rings (SSSR count). The number of nitrogens with zero attached hydrogens (tertiary/aromatic N) is 2. The van der Waals surface area contributed by atoms with E-state index < -0.39 is 17.7 Å². The molecule has 7 heteroatoms. The summed E-state index contributed by atoms with van der Waals surface area (Å²) >= 11 is 12.3. The van der Waals surface area contributed by atoms with Crippen LogP contribution in [0.1, 0.15) is 30.0 Å². The molecule has 0 saturated carbocycles. The van der Waals surface area contributed by atoms with Gasteiger partial charge in [-0.1, -0.05) is 59.6 Å². The topological polar surface area (TPSA) is 60.9 Å². The highest BCUT2D eigenvalue weighted by Gasteiger charge is 2.46. The Balaban J connectivity index is 1.78. The molecular weight excluding hydrogens is 423 g/mol. The third-order valence-electron chi connectivity index (χ3n) is 5.70. The molecule has 156 valence electrons. The van der Waals surface area contributed by atoms with E-state index in [1.165, 1.54) is 4.90 Å². The second kappa shape index (κ2) is 8.80. The van der Waals surface area contributed by atoms with Crippen LogP contribution in [0, 0.1) is 0 Å². The summed E-state index contributed by atoms with van der Waals surface area (Å²) in [5.41, 5.74) is 1.20. The number of aliphatic hydroxyl groups is 1. The monoisotopic (exact) mass is 444 g/mol. The minimum absolute atomic E-state index is 0.0750. The quantitative estimate of drug-likeness (QED) is 0.418. The van der Waals surface area contributed by atoms with E-state index in [1.807, 2.05) is 6.07 Å². The van der Waals surface area contributed by atoms with Crippen molar-refractivity contribution >= 4 is 40.7 Å². The van der Waals surface area contributed by atoms with Gasteiger partial charge in [0.15, 0.2) is 0 Å². The molecule has 30 heavy (non-hydrogen) atoms. The van der Waals surface area contributed by atoms with Gasteiger partial charge in [0.05, 0.1) is 21.7 Å². The van der Waals surface area contributed by atoms with E-state index in [1.54, 1.807) is 42.5 Å². The Morgan fingerprint density at radius 3 is 2.33 bits per heavy atom. The second-order valence-corrected chi connectivity index (χ2v) is 8.40. The third kappa shape index (κ3) is 3.97. The van der Waals surface area contributed by atoms with Gasteiger partial charge >= 0.3 is 0 Å². The molecule has 2 aliphatic heterocycles. The van der Waals surface area contributed by atoms with Crippen LogP contribution in [-0.2, 0) is 9.59 Å². The van der Waals surface area contributed by atoms with Crippen LogP contribution in [0.15, 0.2) is 54.1 Å². The number of benzene rings is 2. The molecule has 2 aliphatic rings. The zero-order valence-corrected chi connectivity index (χ0v) is 17.9. The lowest BCUT2D eigenvalue weighted by Gasteiger charge is -2.27. The first-order valence-electron chi connectivity index (χ1n) is 9.98. The van der Waals surface area contributed by atoms with Gasteiger partial charge in [-0.2, -0.15) is 0 Å². The maximum absolute atomic E-state index is 13.0. The number of likely N-dealkylation sites (tertiary alicyclic amines) is 2. The summed E-state index contributed by atoms with van der Waals surface area (Å²) in [6.45, 7) is 3.05. The third-order valence-corrected chi connectivity index (χ3v) is 6.44. The van der Waals surface area contributed by atoms with Crippen LogP contribution in [-0.4, -0.2) is 52.8 Å². The normalized spacial score (nSPS) is 21.5. The second-order valence-electron chi connectivity index (χ2n) is 7.58. The van der Waals surface area contributed by atoms with E-state index in [4.69, 9.17) is 23.2 Å². The molecule has 0 radical (unpaired) electrons. The molecule has 1 atom stereocenters. The zero-order chi connectivity index (χ0) is 21.3. The first-order chi connectivity index (χ1) is 14.5. The van der Waals surface area contributed by atoms with Gasteiger partial charge in [-0.15, -0.1) is 0 Å². The molecule has 1 unspecified atom stereocenters. The summed E-state index contributed by atoms with van der Waals surface area (Å²) in [6, 6.07) is 13.1. The molecule has 2 aromatic rings. The van der Waals surface area contributed by atoms with E-state index in [2.05, 4.69) is 4.90 Å². The summed E-state index contributed by atoms with van der Waals surface area (Å²) in [5.74, 6) is -1.48. The van der Waals surface area contributed by atoms with Crippen LogP contribution in [0.3, 0.4) is 0 Å². The van der Waals surface area contributed by atoms with Crippen LogP contribution in [0.25, 0.3) is 5.76 Å². The summed E-state index contributed by atoms with van der Waals surface area (Å²) in [6.07, 6.45) is 2.28. The summed E-state index contributed by atoms with van der Waals surface area (Å²) in [7, 11) is 0. The van der Waals surface area contributed by atoms with Crippen molar-refractivity contribution in [3.8, 4) is 0 Å². The molecule has 2 aromatic carbocycles. The SMILES string of the molecule is O=C1C(=O)N(CCN2CCCC2)C(c2ccc(Cl)c(Cl)c2)/C1=C(\O)c1ccccc1. The maximum Gasteiger partial charge on any atom is 0.295 e. The lowest BCUT2D eigenvalue weighted by molar-refractivity contribution is -0.140. The predicted octanol–water partition coefficient (Wildman–Crippen LogP) is 4.51. The van der Waals surface area contributed by atoms with Crippen LogP contribution in [0.5, 0.6) is 0 Å². The minimum atomic E-state index is -0.720. The summed E-state index contributed by atoms with van der Waals surface area (Å²) < 4.78 is 0. The van der Waals surface area contributed by atoms with Crippen LogP contribution in [0.4, 0.5) is 0 Å². The highest BCUT2D eigenvalue weighted by molar-refractivity contribution is 6.46. The number of hydrogen-bond donors (Lipinski definition) is 1. The molecule has 5 nitrogen and oxygen atoms in total. The van der Waals surface area contributed by atoms with Gasteiger partial charge in [-0.3, -0.25) is 9.59 Å². The van der Waals surface area contributed by atoms with E-state index in [0.717, 1.165) is 25.9 Å². The molecule has 2 saturated heterocycles. The van der Waals surface area contributed by atoms with Crippen molar-refractivity contribution in [2.24, 2.45) is 0 Å². The number of amides is 1. The number of rotatable bonds is 5. The number of carbonyl (C=O) groups excluding carboxylic acids is 2. The van der Waals surface area contributed by atoms with E-state index in [-0.39, 0.29) is 11.3 Å². The number of Topliss-reactive ketones (excluding diaryl/α,β-unsaturated/α-hetero) is 1. The van der Waals surface area contributed by atoms with Crippen molar-refractivity contribution in [1.82, 2.24) is 9.80 Å². The Kier molecular flexibility index (Phi) is 6.14. The average Bonchev–Trinajstić information content (AvgIpc) is 3.36. The maximum atomic E-state index is 13.0. The molecule has 1 N–H and O–H groups in total. The first-order valence-corrected chi connectivity index (χ1v) is 10.7. The largest absolute Gasteiger partial charge is 0.507 e. The lowest BCUT2D eigenvalue weighted by atomic mass is 9.95. The Hall–Kier alpha value is -2.34. The fourth-order valence-corrected chi connectivity index (χ4v) is 4.45. The molecule has 2 heterocycles. The Bertz CT molecular complexity index is 1000. The van der Waals surface area contributed by atoms with Gasteiger partial charge in [0, 0.05) is 18.7 Å². The molecule has 0 aliphatic carbocycles. The minimum Gasteiger partial charge on any atom is -0.507 e. The number of halogens is 2. The molecular formula is C23H22Cl2N2O3. The number of carbonyl (C=O) groups is 2. The van der Waals surface area contributed by atoms with Crippen molar-refractivity contribution in [3.05, 3.63) is 75.3 Å². The number of hydrogen-bond acceptors (Lipinski definition) is 4. The Morgan fingerprint density at radius 1 is 0.967 bits per heavy atom. The van der Waals surface area contributed by atoms with Crippen molar-refractivity contribution in [2.45, 2.75) is 18.9 Å². The van der Waals surface area contributed by atoms with Gasteiger partial charge < -0.3 is 14.9 Å². The molecule has 0 spiro atoms. The van der Waals surface area contributed by atoms with Crippen molar-refractivity contribution in [1.29, 1.82) is 0 Å². The zero-order valence-electron chi connectivity index (χ0n) is 16.4. The average molecular weight is 445 g/mol. The van der Waals surface area contributed by atoms with Crippen molar-refractivity contribution in [3.63, 3.8) is 0 Å². The highest BCUT2D eigenvalue weighted by atomic mass is 35.5. The van der Waals surface area contributed by atoms with Crippen LogP contribution < -0.4 is 0 Å². The fourth-order valence-electron chi connectivity index (χ4n) is 4.15. The number of ketones is 1. The Labute approximate surface area is 185 Å². The smallest absolute Gasteiger partial charge is 0.295 e. The fraction of sp³-hybridized carbons (Fsp3) is 0.304. The molecule has 0 aromatic heterocycles. The standard InChI is InChI=1S/C23H22Cl2N2O3/c24-17-9-8-16(14-18(17)25)20-19(21(28)15-6-2-1-3-7-15)22(29)23(30)27(20)13-12-26-10-4-5-11-26/h1-3,6-9,14,20,28H,4-5,10-13H2/b21-19+. The molecule has 2 fully saturated rings. The van der Waals surface area contributed by atoms with Gasteiger partial charge in [-0.25, -0.2) is 0 Å².